The van der Waals surface area contributed by atoms with Gasteiger partial charge in [0.05, 0.1) is 0 Å². The van der Waals surface area contributed by atoms with E-state index in [1.54, 1.807) is 11.8 Å². The summed E-state index contributed by atoms with van der Waals surface area (Å²) in [6.07, 6.45) is 0. The summed E-state index contributed by atoms with van der Waals surface area (Å²) in [7, 11) is 1.88. The molecule has 70 valence electrons. The molecule has 1 aliphatic rings. The fraction of sp³-hybridized carbons (Fsp3) is 0.875. The van der Waals surface area contributed by atoms with Gasteiger partial charge >= 0.3 is 5.97 Å². The molecule has 1 fully saturated rings. The van der Waals surface area contributed by atoms with Gasteiger partial charge in [0.1, 0.15) is 6.04 Å². The molecule has 0 aromatic carbocycles. The molecule has 0 saturated carbocycles. The van der Waals surface area contributed by atoms with E-state index < -0.39 is 5.97 Å². The molecule has 1 saturated heterocycles. The molecule has 1 rings (SSSR count). The van der Waals surface area contributed by atoms with E-state index in [0.29, 0.717) is 5.75 Å². The molecule has 1 N–H and O–H groups in total. The van der Waals surface area contributed by atoms with Gasteiger partial charge in [-0.1, -0.05) is 0 Å². The lowest BCUT2D eigenvalue weighted by molar-refractivity contribution is -0.142. The molecule has 4 heteroatoms. The highest BCUT2D eigenvalue weighted by Crippen LogP contribution is 2.31. The van der Waals surface area contributed by atoms with Crippen LogP contribution in [0.3, 0.4) is 0 Å². The van der Waals surface area contributed by atoms with Crippen molar-refractivity contribution < 1.29 is 9.90 Å². The second-order valence-electron chi connectivity index (χ2n) is 3.84. The summed E-state index contributed by atoms with van der Waals surface area (Å²) in [5.74, 6) is -0.0146. The standard InChI is InChI=1S/C8H15NO2S/c1-8(2)5-9(3)6(4-12-8)7(10)11/h6H,4-5H2,1-3H3,(H,10,11). The van der Waals surface area contributed by atoms with Crippen molar-refractivity contribution in [2.75, 3.05) is 19.3 Å². The molecule has 1 heterocycles. The molecule has 1 atom stereocenters. The summed E-state index contributed by atoms with van der Waals surface area (Å²) in [6, 6.07) is -0.303. The van der Waals surface area contributed by atoms with Crippen molar-refractivity contribution in [3.63, 3.8) is 0 Å². The van der Waals surface area contributed by atoms with E-state index in [9.17, 15) is 4.79 Å². The number of thioether (sulfide) groups is 1. The summed E-state index contributed by atoms with van der Waals surface area (Å²) < 4.78 is 0.195. The average molecular weight is 189 g/mol. The van der Waals surface area contributed by atoms with Crippen molar-refractivity contribution in [3.05, 3.63) is 0 Å². The molecular formula is C8H15NO2S. The topological polar surface area (TPSA) is 40.5 Å². The van der Waals surface area contributed by atoms with E-state index in [0.717, 1.165) is 6.54 Å². The van der Waals surface area contributed by atoms with Gasteiger partial charge in [-0.25, -0.2) is 0 Å². The van der Waals surface area contributed by atoms with Crippen LogP contribution in [0.1, 0.15) is 13.8 Å². The Hall–Kier alpha value is -0.220. The van der Waals surface area contributed by atoms with Crippen molar-refractivity contribution in [1.82, 2.24) is 4.90 Å². The van der Waals surface area contributed by atoms with Crippen LogP contribution in [0.25, 0.3) is 0 Å². The number of carboxylic acids is 1. The first-order valence-corrected chi connectivity index (χ1v) is 4.98. The SMILES string of the molecule is CN1CC(C)(C)SCC1C(=O)O. The van der Waals surface area contributed by atoms with E-state index >= 15 is 0 Å². The molecule has 0 bridgehead atoms. The van der Waals surface area contributed by atoms with Crippen LogP contribution in [0.2, 0.25) is 0 Å². The van der Waals surface area contributed by atoms with Gasteiger partial charge in [-0.05, 0) is 20.9 Å². The van der Waals surface area contributed by atoms with Crippen LogP contribution >= 0.6 is 11.8 Å². The number of likely N-dealkylation sites (N-methyl/N-ethyl adjacent to an activating group) is 1. The highest BCUT2D eigenvalue weighted by molar-refractivity contribution is 8.00. The van der Waals surface area contributed by atoms with E-state index in [2.05, 4.69) is 13.8 Å². The molecule has 0 aliphatic carbocycles. The first kappa shape index (κ1) is 9.86. The number of carbonyl (C=O) groups is 1. The minimum absolute atomic E-state index is 0.195. The quantitative estimate of drug-likeness (QED) is 0.665. The summed E-state index contributed by atoms with van der Waals surface area (Å²) >= 11 is 1.74. The normalized spacial score (nSPS) is 30.1. The lowest BCUT2D eigenvalue weighted by Gasteiger charge is -2.39. The maximum Gasteiger partial charge on any atom is 0.321 e. The Morgan fingerprint density at radius 2 is 2.25 bits per heavy atom. The van der Waals surface area contributed by atoms with E-state index in [4.69, 9.17) is 5.11 Å². The third-order valence-corrected chi connectivity index (χ3v) is 3.47. The number of aliphatic carboxylic acids is 1. The van der Waals surface area contributed by atoms with Crippen LogP contribution in [-0.2, 0) is 4.79 Å². The second kappa shape index (κ2) is 3.26. The first-order valence-electron chi connectivity index (χ1n) is 3.99. The van der Waals surface area contributed by atoms with Crippen molar-refractivity contribution in [3.8, 4) is 0 Å². The molecule has 1 unspecified atom stereocenters. The Morgan fingerprint density at radius 1 is 1.67 bits per heavy atom. The van der Waals surface area contributed by atoms with E-state index in [1.165, 1.54) is 0 Å². The van der Waals surface area contributed by atoms with E-state index in [-0.39, 0.29) is 10.8 Å². The Morgan fingerprint density at radius 3 is 2.67 bits per heavy atom. The molecular weight excluding hydrogens is 174 g/mol. The third kappa shape index (κ3) is 2.14. The zero-order valence-corrected chi connectivity index (χ0v) is 8.52. The van der Waals surface area contributed by atoms with Gasteiger partial charge < -0.3 is 5.11 Å². The fourth-order valence-electron chi connectivity index (χ4n) is 1.45. The Balaban J connectivity index is 2.60. The van der Waals surface area contributed by atoms with Gasteiger partial charge in [0.25, 0.3) is 0 Å². The van der Waals surface area contributed by atoms with Crippen molar-refractivity contribution in [2.24, 2.45) is 0 Å². The molecule has 0 spiro atoms. The maximum absolute atomic E-state index is 10.7. The zero-order chi connectivity index (χ0) is 9.35. The lowest BCUT2D eigenvalue weighted by Crippen LogP contribution is -2.50. The van der Waals surface area contributed by atoms with Crippen LogP contribution < -0.4 is 0 Å². The molecule has 3 nitrogen and oxygen atoms in total. The van der Waals surface area contributed by atoms with Crippen LogP contribution in [-0.4, -0.2) is 46.1 Å². The monoisotopic (exact) mass is 189 g/mol. The number of rotatable bonds is 1. The van der Waals surface area contributed by atoms with Crippen LogP contribution in [0.4, 0.5) is 0 Å². The number of nitrogens with zero attached hydrogens (tertiary/aromatic N) is 1. The van der Waals surface area contributed by atoms with Crippen LogP contribution in [0, 0.1) is 0 Å². The predicted molar refractivity (Wildman–Crippen MR) is 50.6 cm³/mol. The third-order valence-electron chi connectivity index (χ3n) is 2.08. The zero-order valence-electron chi connectivity index (χ0n) is 7.70. The molecule has 12 heavy (non-hydrogen) atoms. The molecule has 0 amide bonds. The summed E-state index contributed by atoms with van der Waals surface area (Å²) in [4.78, 5) is 12.6. The Labute approximate surface area is 77.1 Å². The summed E-state index contributed by atoms with van der Waals surface area (Å²) in [6.45, 7) is 5.13. The molecule has 0 radical (unpaired) electrons. The van der Waals surface area contributed by atoms with Gasteiger partial charge in [0, 0.05) is 17.0 Å². The predicted octanol–water partition coefficient (Wildman–Crippen LogP) is 0.897. The smallest absolute Gasteiger partial charge is 0.321 e. The summed E-state index contributed by atoms with van der Waals surface area (Å²) in [5.41, 5.74) is 0. The van der Waals surface area contributed by atoms with Crippen molar-refractivity contribution in [2.45, 2.75) is 24.6 Å². The number of carboxylic acid groups (broad SMARTS) is 1. The van der Waals surface area contributed by atoms with Crippen molar-refractivity contribution in [1.29, 1.82) is 0 Å². The highest BCUT2D eigenvalue weighted by atomic mass is 32.2. The van der Waals surface area contributed by atoms with Crippen molar-refractivity contribution >= 4 is 17.7 Å². The maximum atomic E-state index is 10.7. The average Bonchev–Trinajstić information content (AvgIpc) is 1.83. The minimum atomic E-state index is -0.708. The minimum Gasteiger partial charge on any atom is -0.480 e. The van der Waals surface area contributed by atoms with Gasteiger partial charge in [-0.15, -0.1) is 0 Å². The molecule has 1 aliphatic heterocycles. The van der Waals surface area contributed by atoms with Crippen LogP contribution in [0.5, 0.6) is 0 Å². The molecule has 0 aromatic rings. The number of hydrogen-bond donors (Lipinski definition) is 1. The largest absolute Gasteiger partial charge is 0.480 e. The van der Waals surface area contributed by atoms with Gasteiger partial charge in [-0.3, -0.25) is 9.69 Å². The van der Waals surface area contributed by atoms with Crippen LogP contribution in [0.15, 0.2) is 0 Å². The van der Waals surface area contributed by atoms with Gasteiger partial charge in [0.2, 0.25) is 0 Å². The Kier molecular flexibility index (Phi) is 2.68. The first-order chi connectivity index (χ1) is 5.42. The lowest BCUT2D eigenvalue weighted by atomic mass is 10.1. The van der Waals surface area contributed by atoms with Gasteiger partial charge in [0.15, 0.2) is 0 Å². The van der Waals surface area contributed by atoms with E-state index in [1.807, 2.05) is 11.9 Å². The molecule has 0 aromatic heterocycles. The second-order valence-corrected chi connectivity index (χ2v) is 5.57. The summed E-state index contributed by atoms with van der Waals surface area (Å²) in [5, 5.41) is 8.82. The van der Waals surface area contributed by atoms with Gasteiger partial charge in [-0.2, -0.15) is 11.8 Å². The highest BCUT2D eigenvalue weighted by Gasteiger charge is 2.34. The fourth-order valence-corrected chi connectivity index (χ4v) is 2.75. The number of hydrogen-bond acceptors (Lipinski definition) is 3. The Bertz CT molecular complexity index is 193.